The van der Waals surface area contributed by atoms with E-state index in [9.17, 15) is 9.59 Å². The molecule has 1 saturated heterocycles. The minimum Gasteiger partial charge on any atom is -0.357 e. The first-order chi connectivity index (χ1) is 12.3. The fourth-order valence-electron chi connectivity index (χ4n) is 3.58. The molecule has 0 spiro atoms. The number of benzene rings is 1. The first kappa shape index (κ1) is 18.6. The monoisotopic (exact) mass is 376 g/mol. The van der Waals surface area contributed by atoms with Crippen molar-refractivity contribution in [3.8, 4) is 0 Å². The average molecular weight is 377 g/mol. The number of likely N-dealkylation sites (N-methyl/N-ethyl adjacent to an activating group) is 1. The van der Waals surface area contributed by atoms with Crippen LogP contribution in [0, 0.1) is 5.92 Å². The lowest BCUT2D eigenvalue weighted by atomic mass is 9.95. The Hall–Kier alpha value is -2.21. The van der Waals surface area contributed by atoms with Gasteiger partial charge in [-0.25, -0.2) is 4.79 Å². The van der Waals surface area contributed by atoms with E-state index in [1.54, 1.807) is 18.9 Å². The number of likely N-dealkylation sites (tertiary alicyclic amines) is 1. The van der Waals surface area contributed by atoms with Gasteiger partial charge in [-0.15, -0.1) is 0 Å². The lowest BCUT2D eigenvalue weighted by molar-refractivity contribution is -0.131. The van der Waals surface area contributed by atoms with Gasteiger partial charge in [0.1, 0.15) is 0 Å². The topological polar surface area (TPSA) is 68.4 Å². The molecule has 3 amide bonds. The standard InChI is InChI=1S/C19H25ClN4O2/c1-12-6-17(11-24(10-12)13(2)25)23(3)19(26)21-9-16-8-14-7-15(20)4-5-18(14)22-16/h4-5,7-8,12,17,22H,6,9-11H2,1-3H3,(H,21,26)/t12-,17+/m0/s1. The van der Waals surface area contributed by atoms with E-state index < -0.39 is 0 Å². The van der Waals surface area contributed by atoms with Crippen LogP contribution in [0.1, 0.15) is 26.0 Å². The molecule has 1 aliphatic rings. The number of amides is 3. The number of rotatable bonds is 3. The maximum Gasteiger partial charge on any atom is 0.317 e. The number of urea groups is 1. The van der Waals surface area contributed by atoms with Crippen LogP contribution in [0.25, 0.3) is 10.9 Å². The average Bonchev–Trinajstić information content (AvgIpc) is 3.00. The molecule has 1 fully saturated rings. The van der Waals surface area contributed by atoms with Crippen LogP contribution in [0.5, 0.6) is 0 Å². The Morgan fingerprint density at radius 1 is 1.35 bits per heavy atom. The molecule has 26 heavy (non-hydrogen) atoms. The van der Waals surface area contributed by atoms with Gasteiger partial charge in [0.25, 0.3) is 0 Å². The molecule has 0 saturated carbocycles. The summed E-state index contributed by atoms with van der Waals surface area (Å²) in [5.41, 5.74) is 1.91. The van der Waals surface area contributed by atoms with E-state index in [2.05, 4.69) is 17.2 Å². The number of hydrogen-bond acceptors (Lipinski definition) is 2. The molecule has 1 aromatic heterocycles. The Kier molecular flexibility index (Phi) is 5.41. The van der Waals surface area contributed by atoms with Crippen molar-refractivity contribution < 1.29 is 9.59 Å². The van der Waals surface area contributed by atoms with Crippen LogP contribution in [-0.4, -0.2) is 52.9 Å². The number of H-pyrrole nitrogens is 1. The molecule has 2 N–H and O–H groups in total. The van der Waals surface area contributed by atoms with E-state index in [4.69, 9.17) is 11.6 Å². The smallest absolute Gasteiger partial charge is 0.317 e. The van der Waals surface area contributed by atoms with E-state index in [0.29, 0.717) is 24.0 Å². The second-order valence-corrected chi connectivity index (χ2v) is 7.65. The van der Waals surface area contributed by atoms with Crippen molar-refractivity contribution in [3.63, 3.8) is 0 Å². The summed E-state index contributed by atoms with van der Waals surface area (Å²) in [7, 11) is 1.79. The molecular weight excluding hydrogens is 352 g/mol. The number of halogens is 1. The van der Waals surface area contributed by atoms with Crippen LogP contribution in [0.3, 0.4) is 0 Å². The number of piperidine rings is 1. The quantitative estimate of drug-likeness (QED) is 0.863. The number of carbonyl (C=O) groups excluding carboxylic acids is 2. The number of aromatic amines is 1. The van der Waals surface area contributed by atoms with Gasteiger partial charge in [0.15, 0.2) is 0 Å². The summed E-state index contributed by atoms with van der Waals surface area (Å²) in [6.45, 7) is 5.46. The summed E-state index contributed by atoms with van der Waals surface area (Å²) in [4.78, 5) is 31.1. The van der Waals surface area contributed by atoms with Crippen LogP contribution >= 0.6 is 11.6 Å². The first-order valence-corrected chi connectivity index (χ1v) is 9.24. The van der Waals surface area contributed by atoms with E-state index >= 15 is 0 Å². The van der Waals surface area contributed by atoms with Crippen LogP contribution in [0.15, 0.2) is 24.3 Å². The summed E-state index contributed by atoms with van der Waals surface area (Å²) >= 11 is 6.01. The number of hydrogen-bond donors (Lipinski definition) is 2. The molecule has 7 heteroatoms. The molecule has 0 aliphatic carbocycles. The van der Waals surface area contributed by atoms with Crippen molar-refractivity contribution in [1.29, 1.82) is 0 Å². The minimum absolute atomic E-state index is 0.0316. The van der Waals surface area contributed by atoms with Gasteiger partial charge in [-0.05, 0) is 36.6 Å². The maximum absolute atomic E-state index is 12.5. The summed E-state index contributed by atoms with van der Waals surface area (Å²) in [6.07, 6.45) is 0.901. The van der Waals surface area contributed by atoms with Crippen molar-refractivity contribution in [2.75, 3.05) is 20.1 Å². The van der Waals surface area contributed by atoms with Crippen molar-refractivity contribution >= 4 is 34.4 Å². The molecule has 140 valence electrons. The normalized spacial score (nSPS) is 20.2. The van der Waals surface area contributed by atoms with Gasteiger partial charge in [0, 0.05) is 48.7 Å². The number of nitrogens with zero attached hydrogens (tertiary/aromatic N) is 2. The largest absolute Gasteiger partial charge is 0.357 e. The lowest BCUT2D eigenvalue weighted by Crippen LogP contribution is -2.54. The Labute approximate surface area is 158 Å². The molecule has 2 atom stereocenters. The van der Waals surface area contributed by atoms with Gasteiger partial charge < -0.3 is 20.1 Å². The van der Waals surface area contributed by atoms with Crippen LogP contribution in [0.2, 0.25) is 5.02 Å². The highest BCUT2D eigenvalue weighted by Gasteiger charge is 2.30. The molecule has 0 unspecified atom stereocenters. The Balaban J connectivity index is 1.60. The zero-order chi connectivity index (χ0) is 18.8. The first-order valence-electron chi connectivity index (χ1n) is 8.87. The minimum atomic E-state index is -0.135. The third kappa shape index (κ3) is 4.12. The number of carbonyl (C=O) groups is 2. The summed E-state index contributed by atoms with van der Waals surface area (Å²) in [5.74, 6) is 0.443. The lowest BCUT2D eigenvalue weighted by Gasteiger charge is -2.40. The van der Waals surface area contributed by atoms with Crippen LogP contribution in [0.4, 0.5) is 4.79 Å². The Bertz CT molecular complexity index is 819. The van der Waals surface area contributed by atoms with Crippen molar-refractivity contribution in [3.05, 3.63) is 35.0 Å². The van der Waals surface area contributed by atoms with Crippen molar-refractivity contribution in [1.82, 2.24) is 20.1 Å². The number of aromatic nitrogens is 1. The van der Waals surface area contributed by atoms with Gasteiger partial charge in [-0.1, -0.05) is 18.5 Å². The fourth-order valence-corrected chi connectivity index (χ4v) is 3.76. The summed E-state index contributed by atoms with van der Waals surface area (Å²) in [6, 6.07) is 7.54. The van der Waals surface area contributed by atoms with Gasteiger partial charge in [-0.2, -0.15) is 0 Å². The highest BCUT2D eigenvalue weighted by atomic mass is 35.5. The van der Waals surface area contributed by atoms with E-state index in [1.165, 1.54) is 0 Å². The highest BCUT2D eigenvalue weighted by molar-refractivity contribution is 6.31. The fraction of sp³-hybridized carbons (Fsp3) is 0.474. The van der Waals surface area contributed by atoms with E-state index in [-0.39, 0.29) is 18.0 Å². The van der Waals surface area contributed by atoms with Crippen molar-refractivity contribution in [2.24, 2.45) is 5.92 Å². The van der Waals surface area contributed by atoms with Gasteiger partial charge >= 0.3 is 6.03 Å². The third-order valence-corrected chi connectivity index (χ3v) is 5.25. The second kappa shape index (κ2) is 7.58. The highest BCUT2D eigenvalue weighted by Crippen LogP contribution is 2.21. The molecule has 6 nitrogen and oxygen atoms in total. The molecule has 0 radical (unpaired) electrons. The van der Waals surface area contributed by atoms with E-state index in [0.717, 1.165) is 29.6 Å². The third-order valence-electron chi connectivity index (χ3n) is 5.02. The zero-order valence-corrected chi connectivity index (χ0v) is 16.1. The van der Waals surface area contributed by atoms with Crippen LogP contribution in [-0.2, 0) is 11.3 Å². The molecule has 2 heterocycles. The molecular formula is C19H25ClN4O2. The Morgan fingerprint density at radius 2 is 2.12 bits per heavy atom. The van der Waals surface area contributed by atoms with Gasteiger partial charge in [0.2, 0.25) is 5.91 Å². The molecule has 3 rings (SSSR count). The summed E-state index contributed by atoms with van der Waals surface area (Å²) < 4.78 is 0. The maximum atomic E-state index is 12.5. The predicted octanol–water partition coefficient (Wildman–Crippen LogP) is 3.22. The zero-order valence-electron chi connectivity index (χ0n) is 15.4. The molecule has 1 aromatic carbocycles. The van der Waals surface area contributed by atoms with Crippen molar-refractivity contribution in [2.45, 2.75) is 32.9 Å². The molecule has 0 bridgehead atoms. The van der Waals surface area contributed by atoms with Gasteiger partial charge in [-0.3, -0.25) is 4.79 Å². The summed E-state index contributed by atoms with van der Waals surface area (Å²) in [5, 5.41) is 4.66. The molecule has 1 aliphatic heterocycles. The Morgan fingerprint density at radius 3 is 2.85 bits per heavy atom. The SMILES string of the molecule is CC(=O)N1C[C@@H](C)C[C@@H](N(C)C(=O)NCc2cc3cc(Cl)ccc3[nH]2)C1. The molecule has 2 aromatic rings. The van der Waals surface area contributed by atoms with E-state index in [1.807, 2.05) is 29.2 Å². The van der Waals surface area contributed by atoms with Gasteiger partial charge in [0.05, 0.1) is 12.6 Å². The predicted molar refractivity (Wildman–Crippen MR) is 103 cm³/mol. The van der Waals surface area contributed by atoms with Crippen LogP contribution < -0.4 is 5.32 Å². The number of fused-ring (bicyclic) bond motifs is 1. The second-order valence-electron chi connectivity index (χ2n) is 7.21. The number of nitrogens with one attached hydrogen (secondary N) is 2.